The fourth-order valence-electron chi connectivity index (χ4n) is 3.18. The van der Waals surface area contributed by atoms with Gasteiger partial charge >= 0.3 is 0 Å². The summed E-state index contributed by atoms with van der Waals surface area (Å²) in [5.41, 5.74) is 1.14. The third kappa shape index (κ3) is 4.82. The average Bonchev–Trinajstić information content (AvgIpc) is 3.45. The summed E-state index contributed by atoms with van der Waals surface area (Å²) in [6, 6.07) is 5.92. The van der Waals surface area contributed by atoms with Crippen LogP contribution in [0.3, 0.4) is 0 Å². The van der Waals surface area contributed by atoms with E-state index < -0.39 is 5.82 Å². The van der Waals surface area contributed by atoms with Crippen LogP contribution in [-0.4, -0.2) is 48.9 Å². The molecule has 11 heteroatoms. The number of benzene rings is 1. The highest BCUT2D eigenvalue weighted by Gasteiger charge is 2.23. The maximum absolute atomic E-state index is 13.3. The van der Waals surface area contributed by atoms with Crippen molar-refractivity contribution in [1.82, 2.24) is 24.5 Å². The Morgan fingerprint density at radius 1 is 1.40 bits per heavy atom. The second kappa shape index (κ2) is 9.15. The van der Waals surface area contributed by atoms with E-state index in [0.717, 1.165) is 19.4 Å². The number of rotatable bonds is 7. The lowest BCUT2D eigenvalue weighted by molar-refractivity contribution is -0.113. The van der Waals surface area contributed by atoms with Crippen LogP contribution in [0.5, 0.6) is 0 Å². The smallest absolute Gasteiger partial charge is 0.234 e. The monoisotopic (exact) mass is 450 g/mol. The fourth-order valence-corrected chi connectivity index (χ4v) is 4.11. The first-order chi connectivity index (χ1) is 14.5. The minimum atomic E-state index is -0.534. The molecule has 0 radical (unpaired) electrons. The van der Waals surface area contributed by atoms with Gasteiger partial charge in [-0.15, -0.1) is 10.2 Å². The Hall–Kier alpha value is -2.43. The normalized spacial score (nSPS) is 16.2. The maximum atomic E-state index is 13.3. The Labute approximate surface area is 181 Å². The molecule has 0 aliphatic carbocycles. The SMILES string of the molecule is Cn1ccc(-c2nnc(SCC(=O)Nc3ccc(F)c(Cl)c3)n2C[C@H]2CCCO2)n1. The van der Waals surface area contributed by atoms with Gasteiger partial charge in [0.1, 0.15) is 11.5 Å². The van der Waals surface area contributed by atoms with E-state index in [1.54, 1.807) is 4.68 Å². The molecular weight excluding hydrogens is 431 g/mol. The molecular formula is C19H20ClFN6O2S. The largest absolute Gasteiger partial charge is 0.376 e. The first-order valence-corrected chi connectivity index (χ1v) is 10.8. The molecule has 1 fully saturated rings. The van der Waals surface area contributed by atoms with E-state index in [1.165, 1.54) is 30.0 Å². The van der Waals surface area contributed by atoms with Crippen LogP contribution in [0.1, 0.15) is 12.8 Å². The van der Waals surface area contributed by atoms with Crippen molar-refractivity contribution < 1.29 is 13.9 Å². The molecule has 1 aliphatic heterocycles. The summed E-state index contributed by atoms with van der Waals surface area (Å²) in [5, 5.41) is 16.3. The van der Waals surface area contributed by atoms with Gasteiger partial charge in [0.25, 0.3) is 0 Å². The van der Waals surface area contributed by atoms with Gasteiger partial charge in [-0.05, 0) is 37.1 Å². The predicted octanol–water partition coefficient (Wildman–Crippen LogP) is 3.38. The van der Waals surface area contributed by atoms with Crippen LogP contribution in [0.4, 0.5) is 10.1 Å². The van der Waals surface area contributed by atoms with Crippen LogP contribution in [0.15, 0.2) is 35.6 Å². The zero-order chi connectivity index (χ0) is 21.1. The molecule has 3 heterocycles. The molecule has 1 atom stereocenters. The molecule has 2 aromatic heterocycles. The molecule has 1 amide bonds. The molecule has 1 aromatic carbocycles. The highest BCUT2D eigenvalue weighted by atomic mass is 35.5. The summed E-state index contributed by atoms with van der Waals surface area (Å²) >= 11 is 7.03. The lowest BCUT2D eigenvalue weighted by Crippen LogP contribution is -2.18. The van der Waals surface area contributed by atoms with Crippen molar-refractivity contribution in [2.24, 2.45) is 7.05 Å². The lowest BCUT2D eigenvalue weighted by atomic mass is 10.2. The number of nitrogens with zero attached hydrogens (tertiary/aromatic N) is 5. The van der Waals surface area contributed by atoms with Crippen LogP contribution in [0.2, 0.25) is 5.02 Å². The topological polar surface area (TPSA) is 86.9 Å². The number of ether oxygens (including phenoxy) is 1. The van der Waals surface area contributed by atoms with E-state index in [4.69, 9.17) is 16.3 Å². The van der Waals surface area contributed by atoms with Gasteiger partial charge < -0.3 is 10.1 Å². The molecule has 0 saturated carbocycles. The van der Waals surface area contributed by atoms with E-state index in [9.17, 15) is 9.18 Å². The number of nitrogens with one attached hydrogen (secondary N) is 1. The number of hydrogen-bond acceptors (Lipinski definition) is 6. The summed E-state index contributed by atoms with van der Waals surface area (Å²) in [5.74, 6) is -0.0395. The van der Waals surface area contributed by atoms with Gasteiger partial charge in [0.2, 0.25) is 5.91 Å². The minimum Gasteiger partial charge on any atom is -0.376 e. The van der Waals surface area contributed by atoms with Crippen LogP contribution in [0.25, 0.3) is 11.5 Å². The predicted molar refractivity (Wildman–Crippen MR) is 112 cm³/mol. The minimum absolute atomic E-state index is 0.0447. The summed E-state index contributed by atoms with van der Waals surface area (Å²) in [4.78, 5) is 12.4. The van der Waals surface area contributed by atoms with Crippen molar-refractivity contribution in [1.29, 1.82) is 0 Å². The van der Waals surface area contributed by atoms with Crippen LogP contribution < -0.4 is 5.32 Å². The third-order valence-electron chi connectivity index (χ3n) is 4.61. The van der Waals surface area contributed by atoms with Gasteiger partial charge in [0.15, 0.2) is 11.0 Å². The molecule has 30 heavy (non-hydrogen) atoms. The number of thioether (sulfide) groups is 1. The Morgan fingerprint density at radius 2 is 2.27 bits per heavy atom. The van der Waals surface area contributed by atoms with Gasteiger partial charge in [-0.3, -0.25) is 14.0 Å². The summed E-state index contributed by atoms with van der Waals surface area (Å²) in [7, 11) is 1.84. The molecule has 1 saturated heterocycles. The number of carbonyl (C=O) groups is 1. The van der Waals surface area contributed by atoms with E-state index in [0.29, 0.717) is 28.9 Å². The molecule has 158 valence electrons. The van der Waals surface area contributed by atoms with Gasteiger partial charge in [0, 0.05) is 25.5 Å². The Morgan fingerprint density at radius 3 is 2.97 bits per heavy atom. The van der Waals surface area contributed by atoms with Gasteiger partial charge in [-0.1, -0.05) is 23.4 Å². The van der Waals surface area contributed by atoms with Crippen LogP contribution >= 0.6 is 23.4 Å². The van der Waals surface area contributed by atoms with Crippen molar-refractivity contribution >= 4 is 35.0 Å². The lowest BCUT2D eigenvalue weighted by Gasteiger charge is -2.14. The summed E-state index contributed by atoms with van der Waals surface area (Å²) in [6.45, 7) is 1.34. The van der Waals surface area contributed by atoms with E-state index in [1.807, 2.05) is 23.9 Å². The molecule has 4 rings (SSSR count). The van der Waals surface area contributed by atoms with E-state index in [2.05, 4.69) is 20.6 Å². The first-order valence-electron chi connectivity index (χ1n) is 9.42. The molecule has 0 spiro atoms. The van der Waals surface area contributed by atoms with E-state index >= 15 is 0 Å². The standard InChI is InChI=1S/C19H20ClFN6O2S/c1-26-7-6-16(25-26)18-23-24-19(27(18)10-13-3-2-8-29-13)30-11-17(28)22-12-4-5-15(21)14(20)9-12/h4-7,9,13H,2-3,8,10-11H2,1H3,(H,22,28)/t13-/m1/s1. The quantitative estimate of drug-likeness (QED) is 0.555. The Balaban J connectivity index is 1.47. The third-order valence-corrected chi connectivity index (χ3v) is 5.86. The number of aryl methyl sites for hydroxylation is 1. The van der Waals surface area contributed by atoms with Crippen molar-refractivity contribution in [2.75, 3.05) is 17.7 Å². The number of aromatic nitrogens is 5. The molecule has 1 N–H and O–H groups in total. The summed E-state index contributed by atoms with van der Waals surface area (Å²) in [6.07, 6.45) is 3.92. The first kappa shape index (κ1) is 20.8. The second-order valence-electron chi connectivity index (χ2n) is 6.89. The van der Waals surface area contributed by atoms with E-state index in [-0.39, 0.29) is 22.8 Å². The highest BCUT2D eigenvalue weighted by molar-refractivity contribution is 7.99. The zero-order valence-corrected chi connectivity index (χ0v) is 17.8. The number of halogens is 2. The number of carbonyl (C=O) groups excluding carboxylic acids is 1. The number of amides is 1. The molecule has 0 bridgehead atoms. The van der Waals surface area contributed by atoms with Crippen molar-refractivity contribution in [3.05, 3.63) is 41.3 Å². The highest BCUT2D eigenvalue weighted by Crippen LogP contribution is 2.26. The van der Waals surface area contributed by atoms with Crippen LogP contribution in [0, 0.1) is 5.82 Å². The van der Waals surface area contributed by atoms with Gasteiger partial charge in [0.05, 0.1) is 23.4 Å². The van der Waals surface area contributed by atoms with Gasteiger partial charge in [-0.25, -0.2) is 4.39 Å². The molecule has 0 unspecified atom stereocenters. The Kier molecular flexibility index (Phi) is 6.35. The number of anilines is 1. The maximum Gasteiger partial charge on any atom is 0.234 e. The average molecular weight is 451 g/mol. The zero-order valence-electron chi connectivity index (χ0n) is 16.2. The molecule has 3 aromatic rings. The van der Waals surface area contributed by atoms with Gasteiger partial charge in [-0.2, -0.15) is 5.10 Å². The van der Waals surface area contributed by atoms with Crippen molar-refractivity contribution in [3.8, 4) is 11.5 Å². The summed E-state index contributed by atoms with van der Waals surface area (Å²) < 4.78 is 22.7. The molecule has 8 nitrogen and oxygen atoms in total. The van der Waals surface area contributed by atoms with Crippen molar-refractivity contribution in [2.45, 2.75) is 30.6 Å². The second-order valence-corrected chi connectivity index (χ2v) is 8.24. The number of hydrogen-bond donors (Lipinski definition) is 1. The fraction of sp³-hybridized carbons (Fsp3) is 0.368. The Bertz CT molecular complexity index is 1050. The van der Waals surface area contributed by atoms with Crippen LogP contribution in [-0.2, 0) is 23.1 Å². The molecule has 1 aliphatic rings. The van der Waals surface area contributed by atoms with Crippen molar-refractivity contribution in [3.63, 3.8) is 0 Å².